The van der Waals surface area contributed by atoms with E-state index in [2.05, 4.69) is 6.92 Å². The average molecular weight is 283 g/mol. The van der Waals surface area contributed by atoms with Crippen molar-refractivity contribution in [2.75, 3.05) is 0 Å². The van der Waals surface area contributed by atoms with E-state index >= 15 is 0 Å². The largest absolute Gasteiger partial charge is 0.333 e. The summed E-state index contributed by atoms with van der Waals surface area (Å²) in [7, 11) is 0. The number of hydrogen-bond acceptors (Lipinski definition) is 4. The van der Waals surface area contributed by atoms with Crippen molar-refractivity contribution >= 4 is 17.8 Å². The molecule has 5 nitrogen and oxygen atoms in total. The molecule has 1 fully saturated rings. The molecule has 0 aromatic carbocycles. The van der Waals surface area contributed by atoms with E-state index in [1.165, 1.54) is 25.7 Å². The van der Waals surface area contributed by atoms with Crippen LogP contribution in [0.2, 0.25) is 0 Å². The molecule has 1 saturated heterocycles. The first-order valence-corrected chi connectivity index (χ1v) is 7.61. The molecule has 0 aromatic rings. The summed E-state index contributed by atoms with van der Waals surface area (Å²) in [6, 6.07) is 0. The quantitative estimate of drug-likeness (QED) is 0.482. The lowest BCUT2D eigenvalue weighted by Gasteiger charge is -2.15. The average Bonchev–Trinajstić information content (AvgIpc) is 2.70. The van der Waals surface area contributed by atoms with Crippen LogP contribution in [0.1, 0.15) is 71.6 Å². The Hall–Kier alpha value is -1.39. The Morgan fingerprint density at radius 2 is 1.75 bits per heavy atom. The zero-order chi connectivity index (χ0) is 15.0. The van der Waals surface area contributed by atoms with E-state index in [1.807, 2.05) is 6.92 Å². The van der Waals surface area contributed by atoms with Crippen molar-refractivity contribution in [2.24, 2.45) is 5.92 Å². The smallest absolute Gasteiger partial charge is 0.330 e. The summed E-state index contributed by atoms with van der Waals surface area (Å²) >= 11 is 0. The van der Waals surface area contributed by atoms with Crippen molar-refractivity contribution in [1.29, 1.82) is 0 Å². The molecule has 2 amide bonds. The van der Waals surface area contributed by atoms with E-state index < -0.39 is 17.8 Å². The number of hydrogen-bond donors (Lipinski definition) is 0. The molecule has 1 aliphatic heterocycles. The molecule has 0 saturated carbocycles. The van der Waals surface area contributed by atoms with Gasteiger partial charge in [-0.3, -0.25) is 9.59 Å². The predicted octanol–water partition coefficient (Wildman–Crippen LogP) is 2.98. The molecule has 20 heavy (non-hydrogen) atoms. The van der Waals surface area contributed by atoms with Crippen molar-refractivity contribution in [3.05, 3.63) is 0 Å². The summed E-state index contributed by atoms with van der Waals surface area (Å²) in [6.07, 6.45) is 7.52. The zero-order valence-corrected chi connectivity index (χ0v) is 12.5. The lowest BCUT2D eigenvalue weighted by atomic mass is 9.99. The highest BCUT2D eigenvalue weighted by atomic mass is 16.7. The topological polar surface area (TPSA) is 63.7 Å². The molecule has 1 rings (SSSR count). The van der Waals surface area contributed by atoms with Gasteiger partial charge < -0.3 is 4.84 Å². The summed E-state index contributed by atoms with van der Waals surface area (Å²) in [4.78, 5) is 39.1. The fourth-order valence-electron chi connectivity index (χ4n) is 2.28. The molecule has 1 heterocycles. The van der Waals surface area contributed by atoms with Crippen molar-refractivity contribution in [3.63, 3.8) is 0 Å². The predicted molar refractivity (Wildman–Crippen MR) is 74.3 cm³/mol. The third kappa shape index (κ3) is 5.72. The van der Waals surface area contributed by atoms with Gasteiger partial charge in [0.15, 0.2) is 0 Å². The summed E-state index contributed by atoms with van der Waals surface area (Å²) in [5, 5.41) is 0.621. The van der Waals surface area contributed by atoms with Crippen LogP contribution in [0.15, 0.2) is 0 Å². The van der Waals surface area contributed by atoms with Crippen LogP contribution in [0.25, 0.3) is 0 Å². The van der Waals surface area contributed by atoms with Gasteiger partial charge >= 0.3 is 5.97 Å². The van der Waals surface area contributed by atoms with Crippen LogP contribution in [0.3, 0.4) is 0 Å². The van der Waals surface area contributed by atoms with Gasteiger partial charge in [-0.25, -0.2) is 4.79 Å². The molecule has 1 atom stereocenters. The van der Waals surface area contributed by atoms with E-state index in [0.717, 1.165) is 12.8 Å². The van der Waals surface area contributed by atoms with Crippen LogP contribution in [0, 0.1) is 5.92 Å². The normalized spacial score (nSPS) is 16.6. The molecule has 5 heteroatoms. The first-order chi connectivity index (χ1) is 9.54. The highest BCUT2D eigenvalue weighted by Gasteiger charge is 2.32. The highest BCUT2D eigenvalue weighted by Crippen LogP contribution is 2.17. The zero-order valence-electron chi connectivity index (χ0n) is 12.5. The van der Waals surface area contributed by atoms with Crippen LogP contribution >= 0.6 is 0 Å². The molecule has 114 valence electrons. The maximum Gasteiger partial charge on any atom is 0.333 e. The van der Waals surface area contributed by atoms with Crippen LogP contribution < -0.4 is 0 Å². The Labute approximate surface area is 120 Å². The minimum absolute atomic E-state index is 0.138. The molecule has 0 radical (unpaired) electrons. The molecule has 1 aliphatic rings. The second kappa shape index (κ2) is 8.72. The van der Waals surface area contributed by atoms with Crippen LogP contribution in [0.5, 0.6) is 0 Å². The summed E-state index contributed by atoms with van der Waals surface area (Å²) in [5.74, 6) is -1.11. The van der Waals surface area contributed by atoms with Crippen molar-refractivity contribution in [1.82, 2.24) is 5.06 Å². The highest BCUT2D eigenvalue weighted by molar-refractivity contribution is 6.01. The molecule has 0 spiro atoms. The number of carbonyl (C=O) groups is 3. The van der Waals surface area contributed by atoms with E-state index in [0.29, 0.717) is 5.06 Å². The van der Waals surface area contributed by atoms with Crippen LogP contribution in [-0.4, -0.2) is 22.8 Å². The van der Waals surface area contributed by atoms with Gasteiger partial charge in [-0.05, 0) is 5.92 Å². The first-order valence-electron chi connectivity index (χ1n) is 7.61. The Kier molecular flexibility index (Phi) is 7.26. The molecule has 0 bridgehead atoms. The van der Waals surface area contributed by atoms with Gasteiger partial charge in [0.05, 0.1) is 6.42 Å². The van der Waals surface area contributed by atoms with Gasteiger partial charge in [0.25, 0.3) is 11.8 Å². The molecule has 0 N–H and O–H groups in total. The Balaban J connectivity index is 2.18. The first kappa shape index (κ1) is 16.7. The second-order valence-corrected chi connectivity index (χ2v) is 5.56. The van der Waals surface area contributed by atoms with E-state index in [-0.39, 0.29) is 25.2 Å². The lowest BCUT2D eigenvalue weighted by Crippen LogP contribution is -2.32. The van der Waals surface area contributed by atoms with Gasteiger partial charge in [-0.1, -0.05) is 52.4 Å². The second-order valence-electron chi connectivity index (χ2n) is 5.56. The van der Waals surface area contributed by atoms with Gasteiger partial charge in [0, 0.05) is 12.8 Å². The van der Waals surface area contributed by atoms with Gasteiger partial charge in [0.1, 0.15) is 0 Å². The maximum absolute atomic E-state index is 11.7. The molecule has 0 unspecified atom stereocenters. The Morgan fingerprint density at radius 3 is 2.35 bits per heavy atom. The van der Waals surface area contributed by atoms with Gasteiger partial charge in [0.2, 0.25) is 0 Å². The molecule has 0 aromatic heterocycles. The summed E-state index contributed by atoms with van der Waals surface area (Å²) in [6.45, 7) is 4.17. The number of unbranched alkanes of at least 4 members (excludes halogenated alkanes) is 4. The van der Waals surface area contributed by atoms with Crippen molar-refractivity contribution in [3.8, 4) is 0 Å². The number of carbonyl (C=O) groups excluding carboxylic acids is 3. The minimum atomic E-state index is -0.491. The van der Waals surface area contributed by atoms with Crippen molar-refractivity contribution < 1.29 is 19.2 Å². The van der Waals surface area contributed by atoms with Gasteiger partial charge in [-0.15, -0.1) is 5.06 Å². The van der Waals surface area contributed by atoms with E-state index in [4.69, 9.17) is 4.84 Å². The number of amides is 2. The van der Waals surface area contributed by atoms with Crippen LogP contribution in [0.4, 0.5) is 0 Å². The Bertz CT molecular complexity index is 338. The van der Waals surface area contributed by atoms with Crippen molar-refractivity contribution in [2.45, 2.75) is 71.6 Å². The third-order valence-corrected chi connectivity index (χ3v) is 3.51. The standard InChI is InChI=1S/C15H25NO4/c1-3-4-5-6-7-8-12(2)11-15(19)20-16-13(17)9-10-14(16)18/h12H,3-11H2,1-2H3/t12-/m1/s1. The Morgan fingerprint density at radius 1 is 1.15 bits per heavy atom. The summed E-state index contributed by atoms with van der Waals surface area (Å²) in [5.41, 5.74) is 0. The van der Waals surface area contributed by atoms with E-state index in [9.17, 15) is 14.4 Å². The van der Waals surface area contributed by atoms with Gasteiger partial charge in [-0.2, -0.15) is 0 Å². The van der Waals surface area contributed by atoms with E-state index in [1.54, 1.807) is 0 Å². The maximum atomic E-state index is 11.7. The fraction of sp³-hybridized carbons (Fsp3) is 0.800. The molecular weight excluding hydrogens is 258 g/mol. The lowest BCUT2D eigenvalue weighted by molar-refractivity contribution is -0.198. The molecule has 0 aliphatic carbocycles. The number of hydroxylamine groups is 2. The minimum Gasteiger partial charge on any atom is -0.330 e. The number of rotatable bonds is 9. The summed E-state index contributed by atoms with van der Waals surface area (Å²) < 4.78 is 0. The van der Waals surface area contributed by atoms with Crippen LogP contribution in [-0.2, 0) is 19.2 Å². The third-order valence-electron chi connectivity index (χ3n) is 3.51. The monoisotopic (exact) mass is 283 g/mol. The number of nitrogens with zero attached hydrogens (tertiary/aromatic N) is 1. The number of imide groups is 1. The fourth-order valence-corrected chi connectivity index (χ4v) is 2.28. The SMILES string of the molecule is CCCCCCC[C@@H](C)CC(=O)ON1C(=O)CCC1=O. The molecular formula is C15H25NO4.